The Morgan fingerprint density at radius 3 is 2.67 bits per heavy atom. The number of thioether (sulfide) groups is 1. The lowest BCUT2D eigenvalue weighted by atomic mass is 10.1. The van der Waals surface area contributed by atoms with E-state index in [1.54, 1.807) is 30.2 Å². The van der Waals surface area contributed by atoms with E-state index in [2.05, 4.69) is 16.8 Å². The maximum absolute atomic E-state index is 11.8. The van der Waals surface area contributed by atoms with Crippen molar-refractivity contribution in [3.8, 4) is 0 Å². The van der Waals surface area contributed by atoms with Crippen LogP contribution in [0.25, 0.3) is 0 Å². The summed E-state index contributed by atoms with van der Waals surface area (Å²) in [5.74, 6) is 1.48. The van der Waals surface area contributed by atoms with Crippen LogP contribution in [0.3, 0.4) is 0 Å². The van der Waals surface area contributed by atoms with Gasteiger partial charge < -0.3 is 10.1 Å². The first-order valence-electron chi connectivity index (χ1n) is 6.71. The van der Waals surface area contributed by atoms with Crippen LogP contribution in [0.15, 0.2) is 41.8 Å². The average molecular weight is 321 g/mol. The topological polar surface area (TPSA) is 38.3 Å². The molecule has 112 valence electrons. The second kappa shape index (κ2) is 8.87. The summed E-state index contributed by atoms with van der Waals surface area (Å²) in [6, 6.07) is 12.2. The van der Waals surface area contributed by atoms with E-state index in [0.29, 0.717) is 18.9 Å². The molecule has 3 nitrogen and oxygen atoms in total. The van der Waals surface area contributed by atoms with E-state index in [-0.39, 0.29) is 5.91 Å². The van der Waals surface area contributed by atoms with Crippen LogP contribution in [-0.2, 0) is 28.4 Å². The second-order valence-corrected chi connectivity index (χ2v) is 6.62. The fourth-order valence-corrected chi connectivity index (χ4v) is 3.51. The Kier molecular flexibility index (Phi) is 6.79. The number of thiophene rings is 1. The molecule has 0 aliphatic heterocycles. The van der Waals surface area contributed by atoms with Gasteiger partial charge in [-0.15, -0.1) is 23.1 Å². The summed E-state index contributed by atoms with van der Waals surface area (Å²) in [7, 11) is 1.68. The Hall–Kier alpha value is -1.30. The van der Waals surface area contributed by atoms with E-state index in [4.69, 9.17) is 4.74 Å². The third kappa shape index (κ3) is 5.91. The molecule has 1 amide bonds. The molecule has 0 saturated heterocycles. The van der Waals surface area contributed by atoms with Gasteiger partial charge in [-0.2, -0.15) is 0 Å². The molecule has 0 spiro atoms. The molecule has 0 unspecified atom stereocenters. The van der Waals surface area contributed by atoms with Gasteiger partial charge in [-0.05, 0) is 22.6 Å². The summed E-state index contributed by atoms with van der Waals surface area (Å²) in [6.45, 7) is 1.19. The third-order valence-corrected chi connectivity index (χ3v) is 4.92. The van der Waals surface area contributed by atoms with Crippen molar-refractivity contribution >= 4 is 29.0 Å². The highest BCUT2D eigenvalue weighted by Gasteiger charge is 2.03. The number of carbonyl (C=O) groups excluding carboxylic acids is 1. The van der Waals surface area contributed by atoms with Gasteiger partial charge in [0.1, 0.15) is 0 Å². The van der Waals surface area contributed by atoms with Crippen LogP contribution in [-0.4, -0.2) is 18.8 Å². The lowest BCUT2D eigenvalue weighted by molar-refractivity contribution is -0.118. The molecule has 21 heavy (non-hydrogen) atoms. The van der Waals surface area contributed by atoms with Crippen LogP contribution >= 0.6 is 23.1 Å². The molecule has 0 saturated carbocycles. The molecule has 2 aromatic rings. The third-order valence-electron chi connectivity index (χ3n) is 2.88. The summed E-state index contributed by atoms with van der Waals surface area (Å²) in [5, 5.41) is 5.00. The van der Waals surface area contributed by atoms with E-state index in [0.717, 1.165) is 16.9 Å². The number of amides is 1. The number of methoxy groups -OCH3 is 1. The summed E-state index contributed by atoms with van der Waals surface area (Å²) in [5.41, 5.74) is 2.24. The lowest BCUT2D eigenvalue weighted by Crippen LogP contribution is -2.24. The Bertz CT molecular complexity index is 538. The largest absolute Gasteiger partial charge is 0.380 e. The number of nitrogens with one attached hydrogen (secondary N) is 1. The number of hydrogen-bond acceptors (Lipinski definition) is 4. The molecule has 2 rings (SSSR count). The molecule has 0 radical (unpaired) electrons. The number of ether oxygens (including phenoxy) is 1. The molecule has 1 N–H and O–H groups in total. The van der Waals surface area contributed by atoms with Crippen LogP contribution in [0.4, 0.5) is 0 Å². The Morgan fingerprint density at radius 2 is 2.00 bits per heavy atom. The normalized spacial score (nSPS) is 10.5. The van der Waals surface area contributed by atoms with Crippen molar-refractivity contribution in [3.05, 3.63) is 57.8 Å². The number of hydrogen-bond donors (Lipinski definition) is 1. The molecule has 0 aliphatic rings. The first-order chi connectivity index (χ1) is 10.3. The van der Waals surface area contributed by atoms with Gasteiger partial charge in [-0.1, -0.05) is 30.3 Å². The molecule has 1 aromatic carbocycles. The Morgan fingerprint density at radius 1 is 1.24 bits per heavy atom. The molecule has 0 aliphatic carbocycles. The smallest absolute Gasteiger partial charge is 0.230 e. The fraction of sp³-hybridized carbons (Fsp3) is 0.312. The zero-order chi connectivity index (χ0) is 14.9. The van der Waals surface area contributed by atoms with Crippen molar-refractivity contribution in [2.45, 2.75) is 18.9 Å². The molecule has 5 heteroatoms. The van der Waals surface area contributed by atoms with Gasteiger partial charge in [0.15, 0.2) is 0 Å². The molecule has 1 aromatic heterocycles. The van der Waals surface area contributed by atoms with Crippen LogP contribution in [0.2, 0.25) is 0 Å². The van der Waals surface area contributed by atoms with E-state index in [9.17, 15) is 4.79 Å². The van der Waals surface area contributed by atoms with E-state index in [1.807, 2.05) is 30.3 Å². The van der Waals surface area contributed by atoms with E-state index >= 15 is 0 Å². The average Bonchev–Trinajstić information content (AvgIpc) is 3.00. The van der Waals surface area contributed by atoms with Crippen molar-refractivity contribution in [2.75, 3.05) is 12.9 Å². The standard InChI is InChI=1S/C16H19NO2S2/c1-19-10-14-6-4-13(5-7-14)9-17-16(18)12-20-11-15-3-2-8-21-15/h2-8H,9-12H2,1H3,(H,17,18). The maximum atomic E-state index is 11.8. The van der Waals surface area contributed by atoms with Crippen molar-refractivity contribution in [1.29, 1.82) is 0 Å². The highest BCUT2D eigenvalue weighted by Crippen LogP contribution is 2.16. The molecule has 0 bridgehead atoms. The van der Waals surface area contributed by atoms with Gasteiger partial charge in [-0.25, -0.2) is 0 Å². The molecule has 0 atom stereocenters. The van der Waals surface area contributed by atoms with Gasteiger partial charge in [0, 0.05) is 24.3 Å². The minimum absolute atomic E-state index is 0.0810. The minimum Gasteiger partial charge on any atom is -0.380 e. The predicted octanol–water partition coefficient (Wildman–Crippen LogP) is 3.44. The zero-order valence-electron chi connectivity index (χ0n) is 12.0. The summed E-state index contributed by atoms with van der Waals surface area (Å²) >= 11 is 3.37. The van der Waals surface area contributed by atoms with E-state index < -0.39 is 0 Å². The van der Waals surface area contributed by atoms with E-state index in [1.165, 1.54) is 4.88 Å². The Balaban J connectivity index is 1.66. The van der Waals surface area contributed by atoms with Crippen molar-refractivity contribution in [2.24, 2.45) is 0 Å². The highest BCUT2D eigenvalue weighted by atomic mass is 32.2. The van der Waals surface area contributed by atoms with Crippen LogP contribution in [0.1, 0.15) is 16.0 Å². The number of carbonyl (C=O) groups is 1. The van der Waals surface area contributed by atoms with Crippen LogP contribution in [0.5, 0.6) is 0 Å². The van der Waals surface area contributed by atoms with Gasteiger partial charge in [0.25, 0.3) is 0 Å². The summed E-state index contributed by atoms with van der Waals surface area (Å²) < 4.78 is 5.07. The van der Waals surface area contributed by atoms with Gasteiger partial charge in [0.2, 0.25) is 5.91 Å². The van der Waals surface area contributed by atoms with Crippen molar-refractivity contribution in [3.63, 3.8) is 0 Å². The van der Waals surface area contributed by atoms with Crippen LogP contribution in [0, 0.1) is 0 Å². The SMILES string of the molecule is COCc1ccc(CNC(=O)CSCc2cccs2)cc1. The van der Waals surface area contributed by atoms with Gasteiger partial charge in [0.05, 0.1) is 12.4 Å². The zero-order valence-corrected chi connectivity index (χ0v) is 13.6. The second-order valence-electron chi connectivity index (χ2n) is 4.60. The monoisotopic (exact) mass is 321 g/mol. The van der Waals surface area contributed by atoms with Crippen molar-refractivity contribution < 1.29 is 9.53 Å². The molecule has 1 heterocycles. The Labute approximate surface area is 133 Å². The summed E-state index contributed by atoms with van der Waals surface area (Å²) in [4.78, 5) is 13.1. The first kappa shape index (κ1) is 16.1. The lowest BCUT2D eigenvalue weighted by Gasteiger charge is -2.06. The predicted molar refractivity (Wildman–Crippen MR) is 89.5 cm³/mol. The number of benzene rings is 1. The van der Waals surface area contributed by atoms with Gasteiger partial charge in [-0.3, -0.25) is 4.79 Å². The van der Waals surface area contributed by atoms with Gasteiger partial charge >= 0.3 is 0 Å². The first-order valence-corrected chi connectivity index (χ1v) is 8.75. The molecule has 0 fully saturated rings. The highest BCUT2D eigenvalue weighted by molar-refractivity contribution is 7.99. The molecular weight excluding hydrogens is 302 g/mol. The molecular formula is C16H19NO2S2. The maximum Gasteiger partial charge on any atom is 0.230 e. The fourth-order valence-electron chi connectivity index (χ4n) is 1.81. The quantitative estimate of drug-likeness (QED) is 0.809. The minimum atomic E-state index is 0.0810. The summed E-state index contributed by atoms with van der Waals surface area (Å²) in [6.07, 6.45) is 0. The van der Waals surface area contributed by atoms with Crippen LogP contribution < -0.4 is 5.32 Å². The van der Waals surface area contributed by atoms with Crippen molar-refractivity contribution in [1.82, 2.24) is 5.32 Å². The number of rotatable bonds is 8.